The molecule has 0 bridgehead atoms. The number of amides is 4. The van der Waals surface area contributed by atoms with Crippen LogP contribution in [0.25, 0.3) is 22.5 Å². The first-order chi connectivity index (χ1) is 41.6. The van der Waals surface area contributed by atoms with Crippen molar-refractivity contribution in [1.82, 2.24) is 54.9 Å². The van der Waals surface area contributed by atoms with Crippen molar-refractivity contribution in [3.63, 3.8) is 0 Å². The molecular weight excluding hydrogens is 1120 g/mol. The topological polar surface area (TPSA) is 256 Å². The van der Waals surface area contributed by atoms with Gasteiger partial charge in [0, 0.05) is 136 Å². The summed E-state index contributed by atoms with van der Waals surface area (Å²) in [5.74, 6) is -2.01. The molecule has 0 aliphatic carbocycles. The lowest BCUT2D eigenvalue weighted by molar-refractivity contribution is -0.158. The summed E-state index contributed by atoms with van der Waals surface area (Å²) < 4.78 is 17.1. The molecule has 88 heavy (non-hydrogen) atoms. The second-order valence-electron chi connectivity index (χ2n) is 25.5. The molecule has 3 N–H and O–H groups in total. The van der Waals surface area contributed by atoms with E-state index in [1.165, 1.54) is 0 Å². The summed E-state index contributed by atoms with van der Waals surface area (Å²) in [6.07, 6.45) is 3.90. The van der Waals surface area contributed by atoms with Crippen LogP contribution >= 0.6 is 0 Å². The number of ether oxygens (including phenoxy) is 3. The Balaban J connectivity index is 1.44. The summed E-state index contributed by atoms with van der Waals surface area (Å²) in [6, 6.07) is 23.2. The zero-order valence-electron chi connectivity index (χ0n) is 54.5. The SMILES string of the molecule is CN(CCN(CCNC(=O)CCC(=O)Nc1nc(-c2ccccc2)cc(-c2ccccc2)n1)CCN(C)C(=O)CN1CCN(CC(=O)OC(C)(C)C)CCN(CC(=O)OC(C)(C)C)CCN(CC(=O)OC(C)(C)C)CC1)CC(=O)NCCCCCCC#N. The van der Waals surface area contributed by atoms with E-state index in [0.29, 0.717) is 109 Å². The fourth-order valence-corrected chi connectivity index (χ4v) is 9.42. The highest BCUT2D eigenvalue weighted by atomic mass is 16.6. The molecular formula is C65H101N13O10. The molecule has 23 nitrogen and oxygen atoms in total. The van der Waals surface area contributed by atoms with Crippen molar-refractivity contribution in [3.8, 4) is 28.6 Å². The number of hydrogen-bond acceptors (Lipinski definition) is 19. The molecule has 1 aromatic heterocycles. The van der Waals surface area contributed by atoms with E-state index in [-0.39, 0.29) is 81.7 Å². The number of carbonyl (C=O) groups is 7. The zero-order valence-corrected chi connectivity index (χ0v) is 54.5. The van der Waals surface area contributed by atoms with Gasteiger partial charge in [-0.1, -0.05) is 73.5 Å². The number of nitrogens with zero attached hydrogens (tertiary/aromatic N) is 10. The largest absolute Gasteiger partial charge is 0.459 e. The normalized spacial score (nSPS) is 14.5. The van der Waals surface area contributed by atoms with Gasteiger partial charge in [0.05, 0.1) is 50.2 Å². The number of unbranched alkanes of at least 4 members (excludes halogenated alkanes) is 4. The molecule has 0 spiro atoms. The Morgan fingerprint density at radius 3 is 1.40 bits per heavy atom. The summed E-state index contributed by atoms with van der Waals surface area (Å²) in [5, 5.41) is 17.6. The minimum absolute atomic E-state index is 0.00327. The number of nitriles is 1. The average molecular weight is 1220 g/mol. The van der Waals surface area contributed by atoms with Crippen LogP contribution in [0.5, 0.6) is 0 Å². The van der Waals surface area contributed by atoms with E-state index in [2.05, 4.69) is 36.9 Å². The third kappa shape index (κ3) is 32.3. The lowest BCUT2D eigenvalue weighted by Gasteiger charge is -2.34. The van der Waals surface area contributed by atoms with Gasteiger partial charge in [-0.05, 0) is 88.3 Å². The molecule has 4 rings (SSSR count). The molecule has 0 atom stereocenters. The summed E-state index contributed by atoms with van der Waals surface area (Å²) in [6.45, 7) is 22.8. The smallest absolute Gasteiger partial charge is 0.320 e. The van der Waals surface area contributed by atoms with Crippen LogP contribution in [0.3, 0.4) is 0 Å². The highest BCUT2D eigenvalue weighted by molar-refractivity contribution is 5.92. The lowest BCUT2D eigenvalue weighted by atomic mass is 10.1. The molecule has 1 fully saturated rings. The van der Waals surface area contributed by atoms with Gasteiger partial charge >= 0.3 is 17.9 Å². The van der Waals surface area contributed by atoms with E-state index < -0.39 is 34.6 Å². The van der Waals surface area contributed by atoms with Crippen LogP contribution in [-0.2, 0) is 47.8 Å². The van der Waals surface area contributed by atoms with Crippen LogP contribution in [0.1, 0.15) is 107 Å². The number of hydrogen-bond donors (Lipinski definition) is 3. The Hall–Kier alpha value is -6.94. The molecule has 23 heteroatoms. The minimum Gasteiger partial charge on any atom is -0.459 e. The van der Waals surface area contributed by atoms with E-state index in [1.54, 1.807) is 11.9 Å². The van der Waals surface area contributed by atoms with Gasteiger partial charge in [-0.3, -0.25) is 68.3 Å². The third-order valence-electron chi connectivity index (χ3n) is 14.0. The van der Waals surface area contributed by atoms with Gasteiger partial charge in [0.1, 0.15) is 16.8 Å². The van der Waals surface area contributed by atoms with Crippen molar-refractivity contribution in [3.05, 3.63) is 66.7 Å². The predicted molar refractivity (Wildman–Crippen MR) is 340 cm³/mol. The number of rotatable bonds is 31. The lowest BCUT2D eigenvalue weighted by Crippen LogP contribution is -2.51. The number of aromatic nitrogens is 2. The maximum atomic E-state index is 14.3. The molecule has 1 aliphatic rings. The second-order valence-corrected chi connectivity index (χ2v) is 25.5. The van der Waals surface area contributed by atoms with Gasteiger partial charge < -0.3 is 29.7 Å². The Morgan fingerprint density at radius 1 is 0.523 bits per heavy atom. The van der Waals surface area contributed by atoms with E-state index >= 15 is 0 Å². The standard InChI is InChI=1S/C65H101N13O10/c1-63(2,3)86-59(83)48-76-39-37-75(38-40-77(49-60(84)87-64(4,5)6)42-44-78(43-41-76)50-61(85)88-65(7,8)9)47-58(82)73(11)34-36-74(35-33-72(10)46-57(81)67-30-22-14-12-13-21-29-66)32-31-68-55(79)27-28-56(80)71-62-69-53(51-23-17-15-18-24-51)45-54(70-62)52-25-19-16-20-26-52/h15-20,23-26,45H,12-14,21-22,27-28,30-44,46-50H2,1-11H3,(H,67,81)(H,68,79)(H,69,70,71,80). The monoisotopic (exact) mass is 1220 g/mol. The molecule has 1 aliphatic heterocycles. The van der Waals surface area contributed by atoms with Gasteiger partial charge in [0.15, 0.2) is 0 Å². The van der Waals surface area contributed by atoms with E-state index in [4.69, 9.17) is 19.5 Å². The molecule has 2 aromatic carbocycles. The molecule has 486 valence electrons. The van der Waals surface area contributed by atoms with E-state index in [9.17, 15) is 33.6 Å². The fraction of sp³-hybridized carbons (Fsp3) is 0.631. The van der Waals surface area contributed by atoms with Crippen LogP contribution in [0, 0.1) is 11.3 Å². The summed E-state index contributed by atoms with van der Waals surface area (Å²) in [4.78, 5) is 117. The number of anilines is 1. The van der Waals surface area contributed by atoms with Crippen LogP contribution in [0.4, 0.5) is 5.95 Å². The first kappa shape index (κ1) is 73.5. The maximum absolute atomic E-state index is 14.3. The highest BCUT2D eigenvalue weighted by Gasteiger charge is 2.27. The molecule has 0 saturated carbocycles. The van der Waals surface area contributed by atoms with Crippen molar-refractivity contribution < 1.29 is 47.8 Å². The van der Waals surface area contributed by atoms with Crippen molar-refractivity contribution in [2.45, 2.75) is 124 Å². The van der Waals surface area contributed by atoms with Crippen molar-refractivity contribution in [2.24, 2.45) is 0 Å². The highest BCUT2D eigenvalue weighted by Crippen LogP contribution is 2.25. The summed E-state index contributed by atoms with van der Waals surface area (Å²) >= 11 is 0. The van der Waals surface area contributed by atoms with Crippen LogP contribution in [0.2, 0.25) is 0 Å². The van der Waals surface area contributed by atoms with Crippen LogP contribution in [-0.4, -0.2) is 248 Å². The Labute approximate surface area is 523 Å². The predicted octanol–water partition coefficient (Wildman–Crippen LogP) is 5.17. The van der Waals surface area contributed by atoms with E-state index in [1.807, 2.05) is 161 Å². The molecule has 0 unspecified atom stereocenters. The Morgan fingerprint density at radius 2 is 0.943 bits per heavy atom. The molecule has 1 saturated heterocycles. The van der Waals surface area contributed by atoms with Gasteiger partial charge in [0.25, 0.3) is 0 Å². The third-order valence-corrected chi connectivity index (χ3v) is 14.0. The Kier molecular flexibility index (Phi) is 31.6. The van der Waals surface area contributed by atoms with Gasteiger partial charge in [-0.15, -0.1) is 0 Å². The maximum Gasteiger partial charge on any atom is 0.320 e. The quantitative estimate of drug-likeness (QED) is 0.0426. The van der Waals surface area contributed by atoms with Gasteiger partial charge in [-0.25, -0.2) is 9.97 Å². The fourth-order valence-electron chi connectivity index (χ4n) is 9.42. The number of likely N-dealkylation sites (N-methyl/N-ethyl adjacent to an activating group) is 2. The average Bonchev–Trinajstić information content (AvgIpc) is 3.63. The number of nitrogens with one attached hydrogen (secondary N) is 3. The minimum atomic E-state index is -0.702. The van der Waals surface area contributed by atoms with Gasteiger partial charge in [-0.2, -0.15) is 5.26 Å². The molecule has 0 radical (unpaired) electrons. The summed E-state index contributed by atoms with van der Waals surface area (Å²) in [7, 11) is 3.62. The molecule has 2 heterocycles. The first-order valence-electron chi connectivity index (χ1n) is 31.0. The van der Waals surface area contributed by atoms with Crippen LogP contribution < -0.4 is 16.0 Å². The Bertz CT molecular complexity index is 2590. The van der Waals surface area contributed by atoms with Crippen molar-refractivity contribution in [1.29, 1.82) is 5.26 Å². The zero-order chi connectivity index (χ0) is 64.7. The van der Waals surface area contributed by atoms with E-state index in [0.717, 1.165) is 36.8 Å². The first-order valence-corrected chi connectivity index (χ1v) is 31.0. The van der Waals surface area contributed by atoms with Gasteiger partial charge in [0.2, 0.25) is 29.6 Å². The molecule has 3 aromatic rings. The van der Waals surface area contributed by atoms with Crippen molar-refractivity contribution >= 4 is 47.5 Å². The van der Waals surface area contributed by atoms with Crippen LogP contribution in [0.15, 0.2) is 66.7 Å². The number of benzene rings is 2. The summed E-state index contributed by atoms with van der Waals surface area (Å²) in [5.41, 5.74) is 0.905. The van der Waals surface area contributed by atoms with Crippen molar-refractivity contribution in [2.75, 3.05) is 150 Å². The number of carbonyl (C=O) groups excluding carboxylic acids is 7. The number of esters is 3. The second kappa shape index (κ2) is 37.8. The molecule has 4 amide bonds.